The highest BCUT2D eigenvalue weighted by atomic mass is 32.1. The van der Waals surface area contributed by atoms with Gasteiger partial charge in [0, 0.05) is 32.8 Å². The van der Waals surface area contributed by atoms with Crippen LogP contribution in [-0.4, -0.2) is 19.9 Å². The first-order chi connectivity index (χ1) is 15.7. The highest BCUT2D eigenvalue weighted by Gasteiger charge is 2.24. The average molecular weight is 439 g/mol. The standard InChI is InChI=1S/C26H22N4OS/c1-3-23-29-19-9-8-17-16(24(19)30-23)6-5-15-11-22(32-26(15)17)14-4-7-18-21(10-14)31-12-20-25(18)28-13(2)27-20/h4-7,10-11H,3,8-9,12H2,1-2H3,(H,27,28)(H,29,30). The molecule has 6 heteroatoms. The molecule has 32 heavy (non-hydrogen) atoms. The van der Waals surface area contributed by atoms with Crippen molar-refractivity contribution < 1.29 is 4.74 Å². The topological polar surface area (TPSA) is 66.6 Å². The zero-order valence-electron chi connectivity index (χ0n) is 18.0. The molecule has 0 radical (unpaired) electrons. The Morgan fingerprint density at radius 1 is 0.969 bits per heavy atom. The van der Waals surface area contributed by atoms with Crippen LogP contribution >= 0.6 is 11.3 Å². The van der Waals surface area contributed by atoms with Crippen LogP contribution in [-0.2, 0) is 25.9 Å². The van der Waals surface area contributed by atoms with Gasteiger partial charge in [-0.25, -0.2) is 9.97 Å². The fraction of sp³-hybridized carbons (Fsp3) is 0.231. The number of hydrogen-bond acceptors (Lipinski definition) is 4. The Morgan fingerprint density at radius 2 is 1.84 bits per heavy atom. The molecule has 2 aromatic carbocycles. The zero-order valence-corrected chi connectivity index (χ0v) is 18.8. The van der Waals surface area contributed by atoms with E-state index in [1.165, 1.54) is 37.3 Å². The first kappa shape index (κ1) is 18.2. The summed E-state index contributed by atoms with van der Waals surface area (Å²) in [6.07, 6.45) is 3.02. The molecule has 1 aliphatic heterocycles. The molecular weight excluding hydrogens is 416 g/mol. The molecule has 0 saturated carbocycles. The maximum absolute atomic E-state index is 6.06. The number of fused-ring (bicyclic) bond motifs is 8. The van der Waals surface area contributed by atoms with Crippen molar-refractivity contribution in [2.24, 2.45) is 0 Å². The van der Waals surface area contributed by atoms with E-state index in [2.05, 4.69) is 58.3 Å². The summed E-state index contributed by atoms with van der Waals surface area (Å²) in [6.45, 7) is 4.67. The van der Waals surface area contributed by atoms with Gasteiger partial charge in [0.2, 0.25) is 0 Å². The summed E-state index contributed by atoms with van der Waals surface area (Å²) in [5.74, 6) is 2.92. The number of rotatable bonds is 2. The quantitative estimate of drug-likeness (QED) is 0.344. The third-order valence-electron chi connectivity index (χ3n) is 6.62. The van der Waals surface area contributed by atoms with E-state index in [1.54, 1.807) is 0 Å². The molecule has 0 atom stereocenters. The maximum atomic E-state index is 6.06. The van der Waals surface area contributed by atoms with Crippen molar-refractivity contribution in [3.8, 4) is 38.7 Å². The van der Waals surface area contributed by atoms with Crippen LogP contribution in [0.1, 0.15) is 35.5 Å². The fourth-order valence-corrected chi connectivity index (χ4v) is 6.30. The number of H-pyrrole nitrogens is 2. The number of aromatic amines is 2. The normalized spacial score (nSPS) is 13.9. The van der Waals surface area contributed by atoms with Crippen molar-refractivity contribution in [2.45, 2.75) is 39.7 Å². The van der Waals surface area contributed by atoms with E-state index in [0.717, 1.165) is 59.3 Å². The van der Waals surface area contributed by atoms with Gasteiger partial charge in [-0.1, -0.05) is 25.1 Å². The molecule has 7 rings (SSSR count). The second-order valence-electron chi connectivity index (χ2n) is 8.63. The van der Waals surface area contributed by atoms with E-state index in [4.69, 9.17) is 9.72 Å². The molecule has 0 fully saturated rings. The summed E-state index contributed by atoms with van der Waals surface area (Å²) in [6, 6.07) is 13.3. The molecule has 3 aromatic heterocycles. The minimum Gasteiger partial charge on any atom is -0.487 e. The number of nitrogens with one attached hydrogen (secondary N) is 2. The highest BCUT2D eigenvalue weighted by Crippen LogP contribution is 2.44. The van der Waals surface area contributed by atoms with E-state index < -0.39 is 0 Å². The smallest absolute Gasteiger partial charge is 0.130 e. The van der Waals surface area contributed by atoms with Gasteiger partial charge in [-0.05, 0) is 54.5 Å². The molecule has 1 aliphatic carbocycles. The molecule has 5 aromatic rings. The van der Waals surface area contributed by atoms with Crippen LogP contribution in [0.5, 0.6) is 5.75 Å². The van der Waals surface area contributed by atoms with Gasteiger partial charge >= 0.3 is 0 Å². The summed E-state index contributed by atoms with van der Waals surface area (Å²) < 4.78 is 7.45. The van der Waals surface area contributed by atoms with E-state index in [1.807, 2.05) is 18.3 Å². The lowest BCUT2D eigenvalue weighted by Gasteiger charge is -2.17. The van der Waals surface area contributed by atoms with Crippen molar-refractivity contribution in [2.75, 3.05) is 0 Å². The third kappa shape index (κ3) is 2.56. The Labute approximate surface area is 189 Å². The molecule has 2 N–H and O–H groups in total. The summed E-state index contributed by atoms with van der Waals surface area (Å²) in [5.41, 5.74) is 9.49. The molecule has 5 nitrogen and oxygen atoms in total. The second kappa shape index (κ2) is 6.56. The first-order valence-electron chi connectivity index (χ1n) is 11.1. The SMILES string of the molecule is CCc1nc2c([nH]1)CCc1c-2ccc2cc(-c3ccc4c(c3)OCc3[nH]c(C)nc3-4)sc12. The van der Waals surface area contributed by atoms with E-state index in [0.29, 0.717) is 6.61 Å². The van der Waals surface area contributed by atoms with Crippen molar-refractivity contribution >= 4 is 21.4 Å². The van der Waals surface area contributed by atoms with E-state index >= 15 is 0 Å². The van der Waals surface area contributed by atoms with Gasteiger partial charge in [-0.3, -0.25) is 0 Å². The van der Waals surface area contributed by atoms with Gasteiger partial charge in [-0.2, -0.15) is 0 Å². The van der Waals surface area contributed by atoms with Crippen molar-refractivity contribution in [1.29, 1.82) is 0 Å². The Morgan fingerprint density at radius 3 is 2.75 bits per heavy atom. The largest absolute Gasteiger partial charge is 0.487 e. The number of aryl methyl sites for hydroxylation is 4. The number of benzene rings is 2. The highest BCUT2D eigenvalue weighted by molar-refractivity contribution is 7.22. The van der Waals surface area contributed by atoms with Crippen LogP contribution in [0.2, 0.25) is 0 Å². The summed E-state index contributed by atoms with van der Waals surface area (Å²) in [5, 5.41) is 1.31. The molecule has 4 heterocycles. The molecule has 0 bridgehead atoms. The minimum absolute atomic E-state index is 0.540. The predicted molar refractivity (Wildman–Crippen MR) is 128 cm³/mol. The van der Waals surface area contributed by atoms with Crippen LogP contribution < -0.4 is 4.74 Å². The zero-order chi connectivity index (χ0) is 21.4. The van der Waals surface area contributed by atoms with Gasteiger partial charge in [0.25, 0.3) is 0 Å². The molecule has 0 saturated heterocycles. The van der Waals surface area contributed by atoms with Crippen molar-refractivity contribution in [3.05, 3.63) is 65.0 Å². The second-order valence-corrected chi connectivity index (χ2v) is 9.69. The fourth-order valence-electron chi connectivity index (χ4n) is 5.07. The van der Waals surface area contributed by atoms with E-state index in [9.17, 15) is 0 Å². The van der Waals surface area contributed by atoms with Crippen LogP contribution in [0.4, 0.5) is 0 Å². The molecular formula is C26H22N4OS. The molecule has 158 valence electrons. The molecule has 0 unspecified atom stereocenters. The lowest BCUT2D eigenvalue weighted by molar-refractivity contribution is 0.298. The van der Waals surface area contributed by atoms with Gasteiger partial charge in [0.05, 0.1) is 17.1 Å². The number of aromatic nitrogens is 4. The number of imidazole rings is 2. The summed E-state index contributed by atoms with van der Waals surface area (Å²) >= 11 is 1.88. The Kier molecular flexibility index (Phi) is 3.73. The van der Waals surface area contributed by atoms with Gasteiger partial charge in [-0.15, -0.1) is 11.3 Å². The Bertz CT molecular complexity index is 1540. The first-order valence-corrected chi connectivity index (χ1v) is 12.0. The monoisotopic (exact) mass is 438 g/mol. The van der Waals surface area contributed by atoms with Crippen LogP contribution in [0.15, 0.2) is 36.4 Å². The number of ether oxygens (including phenoxy) is 1. The van der Waals surface area contributed by atoms with Crippen LogP contribution in [0.25, 0.3) is 43.0 Å². The van der Waals surface area contributed by atoms with Crippen LogP contribution in [0.3, 0.4) is 0 Å². The van der Waals surface area contributed by atoms with Gasteiger partial charge in [0.1, 0.15) is 24.0 Å². The molecule has 2 aliphatic rings. The van der Waals surface area contributed by atoms with E-state index in [-0.39, 0.29) is 0 Å². The predicted octanol–water partition coefficient (Wildman–Crippen LogP) is 6.21. The molecule has 0 spiro atoms. The Balaban J connectivity index is 1.33. The molecule has 0 amide bonds. The van der Waals surface area contributed by atoms with Crippen LogP contribution in [0, 0.1) is 6.92 Å². The van der Waals surface area contributed by atoms with Gasteiger partial charge < -0.3 is 14.7 Å². The lowest BCUT2D eigenvalue weighted by atomic mass is 9.91. The maximum Gasteiger partial charge on any atom is 0.130 e. The average Bonchev–Trinajstić information content (AvgIpc) is 3.53. The number of thiophene rings is 1. The van der Waals surface area contributed by atoms with Crippen molar-refractivity contribution in [1.82, 2.24) is 19.9 Å². The lowest BCUT2D eigenvalue weighted by Crippen LogP contribution is -2.05. The number of hydrogen-bond donors (Lipinski definition) is 2. The summed E-state index contributed by atoms with van der Waals surface area (Å²) in [4.78, 5) is 17.6. The summed E-state index contributed by atoms with van der Waals surface area (Å²) in [7, 11) is 0. The third-order valence-corrected chi connectivity index (χ3v) is 7.88. The van der Waals surface area contributed by atoms with Crippen molar-refractivity contribution in [3.63, 3.8) is 0 Å². The number of nitrogens with zero attached hydrogens (tertiary/aromatic N) is 2. The minimum atomic E-state index is 0.540. The van der Waals surface area contributed by atoms with Gasteiger partial charge in [0.15, 0.2) is 0 Å². The Hall–Kier alpha value is -3.38.